The molecule has 3 N–H and O–H groups in total. The molecule has 0 bridgehead atoms. The topological polar surface area (TPSA) is 98.3 Å². The quantitative estimate of drug-likeness (QED) is 0.633. The first kappa shape index (κ1) is 14.2. The lowest BCUT2D eigenvalue weighted by atomic mass is 9.92. The van der Waals surface area contributed by atoms with Gasteiger partial charge in [-0.05, 0) is 26.0 Å². The lowest BCUT2D eigenvalue weighted by molar-refractivity contribution is -0.383. The normalized spacial score (nSPS) is 11.1. The van der Waals surface area contributed by atoms with Crippen molar-refractivity contribution in [2.75, 3.05) is 11.9 Å². The summed E-state index contributed by atoms with van der Waals surface area (Å²) >= 11 is 5.76. The number of halogens is 1. The smallest absolute Gasteiger partial charge is 0.310 e. The summed E-state index contributed by atoms with van der Waals surface area (Å²) in [6.07, 6.45) is 0. The highest BCUT2D eigenvalue weighted by atomic mass is 35.5. The summed E-state index contributed by atoms with van der Waals surface area (Å²) in [5.41, 5.74) is 4.47. The van der Waals surface area contributed by atoms with Gasteiger partial charge in [0.1, 0.15) is 10.7 Å². The van der Waals surface area contributed by atoms with Crippen LogP contribution < -0.4 is 11.1 Å². The molecule has 1 aromatic carbocycles. The van der Waals surface area contributed by atoms with Crippen LogP contribution in [-0.4, -0.2) is 17.4 Å². The number of hydrogen-bond donors (Lipinski definition) is 2. The van der Waals surface area contributed by atoms with E-state index in [1.807, 2.05) is 0 Å². The number of nitro benzene ring substituents is 1. The third-order valence-electron chi connectivity index (χ3n) is 2.56. The van der Waals surface area contributed by atoms with Crippen molar-refractivity contribution >= 4 is 28.9 Å². The van der Waals surface area contributed by atoms with E-state index in [0.717, 1.165) is 0 Å². The van der Waals surface area contributed by atoms with Crippen LogP contribution >= 0.6 is 11.6 Å². The van der Waals surface area contributed by atoms with Gasteiger partial charge in [-0.1, -0.05) is 17.7 Å². The summed E-state index contributed by atoms with van der Waals surface area (Å²) in [6.45, 7) is 3.49. The van der Waals surface area contributed by atoms with Crippen LogP contribution in [0.15, 0.2) is 18.2 Å². The summed E-state index contributed by atoms with van der Waals surface area (Å²) < 4.78 is 0. The van der Waals surface area contributed by atoms with E-state index in [1.54, 1.807) is 19.9 Å². The Morgan fingerprint density at radius 2 is 2.17 bits per heavy atom. The molecule has 0 aromatic heterocycles. The van der Waals surface area contributed by atoms with Gasteiger partial charge in [0.15, 0.2) is 0 Å². The lowest BCUT2D eigenvalue weighted by Crippen LogP contribution is -2.37. The molecular weight excluding hydrogens is 258 g/mol. The van der Waals surface area contributed by atoms with Crippen LogP contribution in [-0.2, 0) is 4.79 Å². The monoisotopic (exact) mass is 271 g/mol. The minimum atomic E-state index is -0.809. The Balaban J connectivity index is 2.96. The Morgan fingerprint density at radius 1 is 1.56 bits per heavy atom. The van der Waals surface area contributed by atoms with Crippen molar-refractivity contribution in [1.29, 1.82) is 0 Å². The zero-order valence-corrected chi connectivity index (χ0v) is 10.8. The highest BCUT2D eigenvalue weighted by Gasteiger charge is 2.26. The first-order valence-corrected chi connectivity index (χ1v) is 5.60. The molecule has 0 heterocycles. The van der Waals surface area contributed by atoms with Crippen LogP contribution in [0.1, 0.15) is 13.8 Å². The second-order valence-electron chi connectivity index (χ2n) is 4.49. The number of rotatable bonds is 5. The number of amides is 1. The van der Waals surface area contributed by atoms with E-state index in [-0.39, 0.29) is 22.9 Å². The van der Waals surface area contributed by atoms with Gasteiger partial charge < -0.3 is 11.1 Å². The molecule has 6 nitrogen and oxygen atoms in total. The molecular formula is C11H14ClN3O3. The predicted molar refractivity (Wildman–Crippen MR) is 69.6 cm³/mol. The fourth-order valence-electron chi connectivity index (χ4n) is 1.25. The van der Waals surface area contributed by atoms with Gasteiger partial charge in [-0.25, -0.2) is 0 Å². The van der Waals surface area contributed by atoms with Gasteiger partial charge in [0.2, 0.25) is 5.91 Å². The number of nitrogens with one attached hydrogen (secondary N) is 1. The fourth-order valence-corrected chi connectivity index (χ4v) is 1.49. The number of nitrogens with two attached hydrogens (primary N) is 1. The van der Waals surface area contributed by atoms with Gasteiger partial charge >= 0.3 is 5.69 Å². The number of benzene rings is 1. The molecule has 18 heavy (non-hydrogen) atoms. The molecule has 0 unspecified atom stereocenters. The molecule has 0 aliphatic heterocycles. The third kappa shape index (κ3) is 3.10. The molecule has 0 aliphatic rings. The van der Waals surface area contributed by atoms with Crippen LogP contribution in [0, 0.1) is 15.5 Å². The number of nitro groups is 1. The van der Waals surface area contributed by atoms with E-state index in [2.05, 4.69) is 5.32 Å². The van der Waals surface area contributed by atoms with Crippen LogP contribution in [0.25, 0.3) is 0 Å². The Morgan fingerprint density at radius 3 is 2.67 bits per heavy atom. The second-order valence-corrected chi connectivity index (χ2v) is 4.90. The molecule has 1 aromatic rings. The fraction of sp³-hybridized carbons (Fsp3) is 0.364. The minimum absolute atomic E-state index is 0.0434. The number of carbonyl (C=O) groups is 1. The highest BCUT2D eigenvalue weighted by molar-refractivity contribution is 6.33. The Bertz CT molecular complexity index is 488. The van der Waals surface area contributed by atoms with E-state index in [4.69, 9.17) is 17.3 Å². The van der Waals surface area contributed by atoms with Crippen molar-refractivity contribution in [2.45, 2.75) is 13.8 Å². The highest BCUT2D eigenvalue weighted by Crippen LogP contribution is 2.32. The standard InChI is InChI=1S/C11H14ClN3O3/c1-11(2,10(13)16)6-14-8-5-3-4-7(12)9(8)15(17)18/h3-5,14H,6H2,1-2H3,(H2,13,16). The average molecular weight is 272 g/mol. The maximum atomic E-state index is 11.2. The number of hydrogen-bond acceptors (Lipinski definition) is 4. The van der Waals surface area contributed by atoms with E-state index >= 15 is 0 Å². The van der Waals surface area contributed by atoms with Crippen molar-refractivity contribution in [3.8, 4) is 0 Å². The maximum Gasteiger partial charge on any atom is 0.310 e. The van der Waals surface area contributed by atoms with Gasteiger partial charge in [-0.15, -0.1) is 0 Å². The number of para-hydroxylation sites is 1. The summed E-state index contributed by atoms with van der Waals surface area (Å²) in [5, 5.41) is 13.8. The van der Waals surface area contributed by atoms with Crippen LogP contribution in [0.5, 0.6) is 0 Å². The first-order chi connectivity index (χ1) is 8.25. The van der Waals surface area contributed by atoms with Crippen LogP contribution in [0.2, 0.25) is 5.02 Å². The predicted octanol–water partition coefficient (Wildman–Crippen LogP) is 2.17. The molecule has 0 aliphatic carbocycles. The second kappa shape index (κ2) is 5.22. The molecule has 0 spiro atoms. The number of nitrogens with zero attached hydrogens (tertiary/aromatic N) is 1. The SMILES string of the molecule is CC(C)(CNc1cccc(Cl)c1[N+](=O)[O-])C(N)=O. The molecule has 0 fully saturated rings. The molecule has 1 rings (SSSR count). The summed E-state index contributed by atoms with van der Waals surface area (Å²) in [5.74, 6) is -0.486. The third-order valence-corrected chi connectivity index (χ3v) is 2.86. The number of anilines is 1. The van der Waals surface area contributed by atoms with Gasteiger partial charge in [0.05, 0.1) is 10.3 Å². The molecule has 0 saturated carbocycles. The van der Waals surface area contributed by atoms with Crippen LogP contribution in [0.3, 0.4) is 0 Å². The van der Waals surface area contributed by atoms with Crippen LogP contribution in [0.4, 0.5) is 11.4 Å². The zero-order valence-electron chi connectivity index (χ0n) is 10.1. The largest absolute Gasteiger partial charge is 0.378 e. The molecule has 0 atom stereocenters. The lowest BCUT2D eigenvalue weighted by Gasteiger charge is -2.21. The van der Waals surface area contributed by atoms with Gasteiger partial charge in [0.25, 0.3) is 0 Å². The molecule has 98 valence electrons. The average Bonchev–Trinajstić information content (AvgIpc) is 2.25. The summed E-state index contributed by atoms with van der Waals surface area (Å²) in [7, 11) is 0. The number of primary amides is 1. The van der Waals surface area contributed by atoms with Crippen molar-refractivity contribution < 1.29 is 9.72 Å². The molecule has 7 heteroatoms. The van der Waals surface area contributed by atoms with E-state index < -0.39 is 16.2 Å². The Kier molecular flexibility index (Phi) is 4.13. The zero-order chi connectivity index (χ0) is 13.9. The van der Waals surface area contributed by atoms with Crippen molar-refractivity contribution in [3.63, 3.8) is 0 Å². The first-order valence-electron chi connectivity index (χ1n) is 5.22. The van der Waals surface area contributed by atoms with E-state index in [1.165, 1.54) is 12.1 Å². The molecule has 0 saturated heterocycles. The Hall–Kier alpha value is -1.82. The van der Waals surface area contributed by atoms with Gasteiger partial charge in [0, 0.05) is 6.54 Å². The minimum Gasteiger partial charge on any atom is -0.378 e. The maximum absolute atomic E-state index is 11.2. The molecule has 1 amide bonds. The summed E-state index contributed by atoms with van der Waals surface area (Å²) in [4.78, 5) is 21.5. The van der Waals surface area contributed by atoms with Gasteiger partial charge in [-0.2, -0.15) is 0 Å². The number of carbonyl (C=O) groups excluding carboxylic acids is 1. The molecule has 0 radical (unpaired) electrons. The van der Waals surface area contributed by atoms with Crippen molar-refractivity contribution in [1.82, 2.24) is 0 Å². The summed E-state index contributed by atoms with van der Waals surface area (Å²) in [6, 6.07) is 4.56. The Labute approximate surface area is 109 Å². The van der Waals surface area contributed by atoms with E-state index in [9.17, 15) is 14.9 Å². The van der Waals surface area contributed by atoms with E-state index in [0.29, 0.717) is 0 Å². The van der Waals surface area contributed by atoms with Crippen molar-refractivity contribution in [3.05, 3.63) is 33.3 Å². The van der Waals surface area contributed by atoms with Gasteiger partial charge in [-0.3, -0.25) is 14.9 Å². The van der Waals surface area contributed by atoms with Crippen molar-refractivity contribution in [2.24, 2.45) is 11.1 Å².